The van der Waals surface area contributed by atoms with Crippen LogP contribution in [0.25, 0.3) is 0 Å². The summed E-state index contributed by atoms with van der Waals surface area (Å²) >= 11 is 0. The number of amides is 2. The molecule has 64 heavy (non-hydrogen) atoms. The average Bonchev–Trinajstić information content (AvgIpc) is 3.26. The molecular weight excluding hydrogens is 829 g/mol. The van der Waals surface area contributed by atoms with E-state index in [0.717, 1.165) is 64.2 Å². The molecule has 0 heterocycles. The van der Waals surface area contributed by atoms with E-state index >= 15 is 0 Å². The number of aliphatic hydroxyl groups excluding tert-OH is 1. The molecule has 16 nitrogen and oxygen atoms in total. The first-order valence-electron chi connectivity index (χ1n) is 24.3. The molecule has 2 amide bonds. The summed E-state index contributed by atoms with van der Waals surface area (Å²) in [5, 5.41) is 32.3. The van der Waals surface area contributed by atoms with Crippen LogP contribution in [-0.4, -0.2) is 129 Å². The van der Waals surface area contributed by atoms with Crippen molar-refractivity contribution in [1.29, 1.82) is 0 Å². The highest BCUT2D eigenvalue weighted by Gasteiger charge is 2.22. The third kappa shape index (κ3) is 46.7. The van der Waals surface area contributed by atoms with Gasteiger partial charge in [0.1, 0.15) is 24.8 Å². The highest BCUT2D eigenvalue weighted by molar-refractivity contribution is 5.85. The standard InChI is InChI=1S/C31H56O8.C17H32N2O6/c1-2-38-24-25-39-23-17-19-28(32)22-21-27(31(36)37)26-29(33)18-15-13-11-9-7-5-3-4-6-8-10-12-14-16-20-30(34)35;1-3-15(16(22)12-20)6-4-5-7-19-17(23)13-25-11-10-24-9-8-18-14(2)21/h27H,2-26H2,1H3,(H,34,35)(H,36,37);15,20H,3-13H2,1-2H3,(H,18,21)(H,19,23)/t27-;15-/m10/s1. The number of aliphatic carboxylic acids is 2. The van der Waals surface area contributed by atoms with Gasteiger partial charge in [-0.15, -0.1) is 0 Å². The van der Waals surface area contributed by atoms with E-state index in [4.69, 9.17) is 29.2 Å². The van der Waals surface area contributed by atoms with Gasteiger partial charge in [-0.2, -0.15) is 0 Å². The van der Waals surface area contributed by atoms with Crippen molar-refractivity contribution >= 4 is 41.1 Å². The molecule has 0 aromatic carbocycles. The average molecular weight is 917 g/mol. The summed E-state index contributed by atoms with van der Waals surface area (Å²) in [6.07, 6.45) is 20.9. The molecule has 0 aliphatic rings. The molecule has 16 heteroatoms. The Labute approximate surface area is 384 Å². The molecule has 0 aromatic rings. The topological polar surface area (TPSA) is 241 Å². The van der Waals surface area contributed by atoms with Gasteiger partial charge in [-0.25, -0.2) is 0 Å². The van der Waals surface area contributed by atoms with Crippen molar-refractivity contribution in [3.8, 4) is 0 Å². The Morgan fingerprint density at radius 2 is 1.03 bits per heavy atom. The quantitative estimate of drug-likeness (QED) is 0.0380. The van der Waals surface area contributed by atoms with Crippen molar-refractivity contribution in [3.63, 3.8) is 0 Å². The van der Waals surface area contributed by atoms with Gasteiger partial charge in [-0.1, -0.05) is 90.4 Å². The summed E-state index contributed by atoms with van der Waals surface area (Å²) in [5.41, 5.74) is 0. The van der Waals surface area contributed by atoms with Crippen molar-refractivity contribution < 1.29 is 67.8 Å². The molecule has 0 bridgehead atoms. The van der Waals surface area contributed by atoms with Gasteiger partial charge < -0.3 is 44.9 Å². The zero-order valence-electron chi connectivity index (χ0n) is 39.9. The lowest BCUT2D eigenvalue weighted by Crippen LogP contribution is -2.29. The molecule has 0 aliphatic carbocycles. The lowest BCUT2D eigenvalue weighted by Gasteiger charge is -2.12. The number of hydrogen-bond acceptors (Lipinski definition) is 12. The van der Waals surface area contributed by atoms with Gasteiger partial charge >= 0.3 is 11.9 Å². The van der Waals surface area contributed by atoms with Crippen molar-refractivity contribution in [2.45, 2.75) is 181 Å². The molecule has 0 radical (unpaired) electrons. The Morgan fingerprint density at radius 1 is 0.500 bits per heavy atom. The minimum atomic E-state index is -0.994. The maximum Gasteiger partial charge on any atom is 0.306 e. The number of Topliss-reactive ketones (excluding diaryl/α,β-unsaturated/α-hetero) is 3. The zero-order valence-corrected chi connectivity index (χ0v) is 39.9. The van der Waals surface area contributed by atoms with Crippen LogP contribution in [0, 0.1) is 11.8 Å². The maximum absolute atomic E-state index is 12.3. The minimum absolute atomic E-state index is 0.0144. The molecule has 5 N–H and O–H groups in total. The number of carbonyl (C=O) groups excluding carboxylic acids is 5. The number of ketones is 3. The monoisotopic (exact) mass is 917 g/mol. The van der Waals surface area contributed by atoms with E-state index in [0.29, 0.717) is 85.0 Å². The summed E-state index contributed by atoms with van der Waals surface area (Å²) < 4.78 is 21.0. The zero-order chi connectivity index (χ0) is 47.9. The lowest BCUT2D eigenvalue weighted by atomic mass is 9.93. The van der Waals surface area contributed by atoms with E-state index in [1.54, 1.807) is 0 Å². The molecule has 0 saturated heterocycles. The predicted octanol–water partition coefficient (Wildman–Crippen LogP) is 7.19. The smallest absolute Gasteiger partial charge is 0.306 e. The summed E-state index contributed by atoms with van der Waals surface area (Å²) in [7, 11) is 0. The molecule has 0 rings (SSSR count). The minimum Gasteiger partial charge on any atom is -0.481 e. The highest BCUT2D eigenvalue weighted by Crippen LogP contribution is 2.18. The molecular formula is C48H88N2O14. The largest absolute Gasteiger partial charge is 0.481 e. The molecule has 0 unspecified atom stereocenters. The van der Waals surface area contributed by atoms with Gasteiger partial charge in [0, 0.05) is 71.2 Å². The molecule has 0 aromatic heterocycles. The fourth-order valence-electron chi connectivity index (χ4n) is 6.81. The molecule has 0 saturated carbocycles. The third-order valence-corrected chi connectivity index (χ3v) is 10.6. The first-order chi connectivity index (χ1) is 30.9. The van der Waals surface area contributed by atoms with Crippen LogP contribution in [0.5, 0.6) is 0 Å². The second kappa shape index (κ2) is 47.6. The van der Waals surface area contributed by atoms with Crippen LogP contribution in [0.2, 0.25) is 0 Å². The van der Waals surface area contributed by atoms with E-state index < -0.39 is 24.5 Å². The van der Waals surface area contributed by atoms with Gasteiger partial charge in [-0.3, -0.25) is 33.6 Å². The summed E-state index contributed by atoms with van der Waals surface area (Å²) in [5.74, 6) is -2.94. The first-order valence-corrected chi connectivity index (χ1v) is 24.3. The number of rotatable bonds is 47. The van der Waals surface area contributed by atoms with Crippen molar-refractivity contribution in [2.75, 3.05) is 72.6 Å². The number of carboxylic acids is 2. The summed E-state index contributed by atoms with van der Waals surface area (Å²) in [6, 6.07) is 0. The van der Waals surface area contributed by atoms with E-state index in [2.05, 4.69) is 10.6 Å². The van der Waals surface area contributed by atoms with E-state index in [9.17, 15) is 38.7 Å². The normalized spacial score (nSPS) is 11.9. The molecule has 0 aliphatic heterocycles. The molecule has 2 atom stereocenters. The van der Waals surface area contributed by atoms with Crippen LogP contribution in [-0.2, 0) is 52.5 Å². The second-order valence-electron chi connectivity index (χ2n) is 16.3. The number of nitrogens with one attached hydrogen (secondary N) is 2. The van der Waals surface area contributed by atoms with Gasteiger partial charge in [0.15, 0.2) is 5.78 Å². The maximum atomic E-state index is 12.3. The van der Waals surface area contributed by atoms with E-state index in [1.165, 1.54) is 58.3 Å². The predicted molar refractivity (Wildman–Crippen MR) is 246 cm³/mol. The number of carboxylic acid groups (broad SMARTS) is 2. The van der Waals surface area contributed by atoms with Crippen molar-refractivity contribution in [1.82, 2.24) is 10.6 Å². The van der Waals surface area contributed by atoms with Gasteiger partial charge in [0.25, 0.3) is 0 Å². The Hall–Kier alpha value is -3.31. The summed E-state index contributed by atoms with van der Waals surface area (Å²) in [6.45, 7) is 9.15. The highest BCUT2D eigenvalue weighted by atomic mass is 16.5. The van der Waals surface area contributed by atoms with Crippen LogP contribution >= 0.6 is 0 Å². The fourth-order valence-corrected chi connectivity index (χ4v) is 6.81. The molecule has 0 fully saturated rings. The van der Waals surface area contributed by atoms with Gasteiger partial charge in [-0.05, 0) is 51.9 Å². The Bertz CT molecular complexity index is 1200. The van der Waals surface area contributed by atoms with Crippen LogP contribution < -0.4 is 10.6 Å². The number of unbranched alkanes of at least 4 members (excludes halogenated alkanes) is 14. The van der Waals surface area contributed by atoms with Crippen LogP contribution in [0.15, 0.2) is 0 Å². The molecule has 0 spiro atoms. The second-order valence-corrected chi connectivity index (χ2v) is 16.3. The number of carbonyl (C=O) groups is 7. The van der Waals surface area contributed by atoms with Gasteiger partial charge in [0.2, 0.25) is 11.8 Å². The Morgan fingerprint density at radius 3 is 1.56 bits per heavy atom. The number of aliphatic hydroxyl groups is 1. The van der Waals surface area contributed by atoms with Crippen molar-refractivity contribution in [3.05, 3.63) is 0 Å². The summed E-state index contributed by atoms with van der Waals surface area (Å²) in [4.78, 5) is 79.9. The molecule has 374 valence electrons. The fraction of sp³-hybridized carbons (Fsp3) is 0.854. The SMILES string of the molecule is CCOCCOCCCC(=O)CC[C@H](CC(=O)CCCCCCCCCCCCCCCCC(=O)O)C(=O)O.CC[C@@H](CCCCNC(=O)COCCOCCNC(C)=O)C(=O)CO. The Balaban J connectivity index is 0. The van der Waals surface area contributed by atoms with Crippen LogP contribution in [0.1, 0.15) is 181 Å². The van der Waals surface area contributed by atoms with E-state index in [-0.39, 0.29) is 61.0 Å². The van der Waals surface area contributed by atoms with Crippen LogP contribution in [0.3, 0.4) is 0 Å². The van der Waals surface area contributed by atoms with Gasteiger partial charge in [0.05, 0.1) is 39.0 Å². The number of ether oxygens (including phenoxy) is 4. The van der Waals surface area contributed by atoms with Crippen molar-refractivity contribution in [2.24, 2.45) is 11.8 Å². The Kier molecular flexibility index (Phi) is 46.7. The van der Waals surface area contributed by atoms with E-state index in [1.807, 2.05) is 13.8 Å². The number of hydrogen-bond donors (Lipinski definition) is 5. The lowest BCUT2D eigenvalue weighted by molar-refractivity contribution is -0.144. The first kappa shape index (κ1) is 62.8. The third-order valence-electron chi connectivity index (χ3n) is 10.6. The van der Waals surface area contributed by atoms with Crippen LogP contribution in [0.4, 0.5) is 0 Å².